The molecule has 74 valence electrons. The third-order valence-electron chi connectivity index (χ3n) is 1.90. The third kappa shape index (κ3) is 2.62. The van der Waals surface area contributed by atoms with Crippen LogP contribution in [0.1, 0.15) is 12.5 Å². The molecule has 0 aliphatic heterocycles. The Hall–Kier alpha value is -1.77. The fourth-order valence-corrected chi connectivity index (χ4v) is 1.07. The van der Waals surface area contributed by atoms with Crippen LogP contribution in [-0.4, -0.2) is 13.1 Å². The molecule has 3 heteroatoms. The van der Waals surface area contributed by atoms with Gasteiger partial charge >= 0.3 is 5.97 Å². The summed E-state index contributed by atoms with van der Waals surface area (Å²) in [6.07, 6.45) is 1.45. The number of hydrogen-bond acceptors (Lipinski definition) is 3. The molecular weight excluding hydrogens is 178 g/mol. The summed E-state index contributed by atoms with van der Waals surface area (Å²) >= 11 is 0. The average molecular weight is 191 g/mol. The first-order valence-electron chi connectivity index (χ1n) is 4.25. The standard InChI is InChI=1S/C11H13NO2/c1-8(7-11(13)14-2)9-3-5-10(12)6-4-9/h3-7H,12H2,1-2H3/b8-7-. The predicted octanol–water partition coefficient (Wildman–Crippen LogP) is 1.85. The Kier molecular flexibility index (Phi) is 3.29. The number of benzene rings is 1. The second kappa shape index (κ2) is 4.46. The van der Waals surface area contributed by atoms with Crippen LogP contribution in [0, 0.1) is 0 Å². The van der Waals surface area contributed by atoms with Gasteiger partial charge in [0.2, 0.25) is 0 Å². The van der Waals surface area contributed by atoms with Crippen LogP contribution in [0.5, 0.6) is 0 Å². The molecule has 0 aliphatic carbocycles. The van der Waals surface area contributed by atoms with Gasteiger partial charge in [-0.25, -0.2) is 4.79 Å². The molecule has 0 fully saturated rings. The topological polar surface area (TPSA) is 52.3 Å². The van der Waals surface area contributed by atoms with Gasteiger partial charge in [0.15, 0.2) is 0 Å². The summed E-state index contributed by atoms with van der Waals surface area (Å²) in [7, 11) is 1.36. The molecular formula is C11H13NO2. The molecule has 0 saturated carbocycles. The number of rotatable bonds is 2. The molecule has 2 N–H and O–H groups in total. The summed E-state index contributed by atoms with van der Waals surface area (Å²) in [6.45, 7) is 1.85. The molecule has 0 amide bonds. The Bertz CT molecular complexity index is 352. The molecule has 0 spiro atoms. The van der Waals surface area contributed by atoms with Gasteiger partial charge in [-0.2, -0.15) is 0 Å². The lowest BCUT2D eigenvalue weighted by molar-refractivity contribution is -0.134. The van der Waals surface area contributed by atoms with Crippen LogP contribution < -0.4 is 5.73 Å². The fraction of sp³-hybridized carbons (Fsp3) is 0.182. The van der Waals surface area contributed by atoms with Crippen molar-refractivity contribution in [2.45, 2.75) is 6.92 Å². The number of nitrogen functional groups attached to an aromatic ring is 1. The summed E-state index contributed by atoms with van der Waals surface area (Å²) < 4.78 is 4.53. The highest BCUT2D eigenvalue weighted by Crippen LogP contribution is 2.15. The summed E-state index contributed by atoms with van der Waals surface area (Å²) in [4.78, 5) is 10.9. The molecule has 14 heavy (non-hydrogen) atoms. The van der Waals surface area contributed by atoms with E-state index in [4.69, 9.17) is 5.73 Å². The first-order valence-corrected chi connectivity index (χ1v) is 4.25. The van der Waals surface area contributed by atoms with Crippen LogP contribution in [0.4, 0.5) is 5.69 Å². The molecule has 1 rings (SSSR count). The summed E-state index contributed by atoms with van der Waals surface area (Å²) in [6, 6.07) is 7.32. The smallest absolute Gasteiger partial charge is 0.330 e. The van der Waals surface area contributed by atoms with Crippen molar-refractivity contribution in [2.75, 3.05) is 12.8 Å². The molecule has 0 bridgehead atoms. The molecule has 0 heterocycles. The van der Waals surface area contributed by atoms with Crippen molar-refractivity contribution in [3.63, 3.8) is 0 Å². The lowest BCUT2D eigenvalue weighted by Crippen LogP contribution is -1.95. The van der Waals surface area contributed by atoms with E-state index >= 15 is 0 Å². The number of esters is 1. The molecule has 1 aromatic rings. The minimum absolute atomic E-state index is 0.348. The normalized spacial score (nSPS) is 11.1. The largest absolute Gasteiger partial charge is 0.466 e. The number of allylic oxidation sites excluding steroid dienone is 1. The van der Waals surface area contributed by atoms with E-state index in [-0.39, 0.29) is 5.97 Å². The number of hydrogen-bond donors (Lipinski definition) is 1. The highest BCUT2D eigenvalue weighted by atomic mass is 16.5. The van der Waals surface area contributed by atoms with Gasteiger partial charge in [-0.1, -0.05) is 12.1 Å². The van der Waals surface area contributed by atoms with Gasteiger partial charge in [0, 0.05) is 11.8 Å². The number of anilines is 1. The molecule has 3 nitrogen and oxygen atoms in total. The van der Waals surface area contributed by atoms with Crippen molar-refractivity contribution < 1.29 is 9.53 Å². The van der Waals surface area contributed by atoms with Crippen LogP contribution in [-0.2, 0) is 9.53 Å². The molecule has 0 radical (unpaired) electrons. The van der Waals surface area contributed by atoms with Gasteiger partial charge < -0.3 is 10.5 Å². The summed E-state index contributed by atoms with van der Waals surface area (Å²) in [5, 5.41) is 0. The second-order valence-corrected chi connectivity index (χ2v) is 2.97. The van der Waals surface area contributed by atoms with Crippen LogP contribution >= 0.6 is 0 Å². The highest BCUT2D eigenvalue weighted by Gasteiger charge is 1.99. The van der Waals surface area contributed by atoms with E-state index in [0.717, 1.165) is 11.1 Å². The molecule has 0 unspecified atom stereocenters. The van der Waals surface area contributed by atoms with Gasteiger partial charge in [-0.15, -0.1) is 0 Å². The van der Waals surface area contributed by atoms with E-state index in [1.54, 1.807) is 12.1 Å². The second-order valence-electron chi connectivity index (χ2n) is 2.97. The maximum atomic E-state index is 10.9. The van der Waals surface area contributed by atoms with E-state index in [0.29, 0.717) is 5.69 Å². The Morgan fingerprint density at radius 1 is 1.36 bits per heavy atom. The van der Waals surface area contributed by atoms with Crippen molar-refractivity contribution in [1.29, 1.82) is 0 Å². The number of methoxy groups -OCH3 is 1. The Balaban J connectivity index is 2.89. The summed E-state index contributed by atoms with van der Waals surface area (Å²) in [5.41, 5.74) is 8.07. The van der Waals surface area contributed by atoms with Gasteiger partial charge in [-0.05, 0) is 30.2 Å². The Morgan fingerprint density at radius 2 is 1.93 bits per heavy atom. The molecule has 0 saturated heterocycles. The maximum Gasteiger partial charge on any atom is 0.330 e. The van der Waals surface area contributed by atoms with Crippen LogP contribution in [0.25, 0.3) is 5.57 Å². The average Bonchev–Trinajstić information content (AvgIpc) is 2.18. The van der Waals surface area contributed by atoms with E-state index in [2.05, 4.69) is 4.74 Å². The van der Waals surface area contributed by atoms with Crippen molar-refractivity contribution in [3.8, 4) is 0 Å². The number of carbonyl (C=O) groups is 1. The number of nitrogens with two attached hydrogens (primary N) is 1. The van der Waals surface area contributed by atoms with Gasteiger partial charge in [0.05, 0.1) is 7.11 Å². The quantitative estimate of drug-likeness (QED) is 0.441. The monoisotopic (exact) mass is 191 g/mol. The SMILES string of the molecule is COC(=O)/C=C(/C)c1ccc(N)cc1. The maximum absolute atomic E-state index is 10.9. The lowest BCUT2D eigenvalue weighted by Gasteiger charge is -2.01. The number of carbonyl (C=O) groups excluding carboxylic acids is 1. The van der Waals surface area contributed by atoms with Crippen LogP contribution in [0.15, 0.2) is 30.3 Å². The Labute approximate surface area is 83.2 Å². The van der Waals surface area contributed by atoms with Crippen molar-refractivity contribution >= 4 is 17.2 Å². The van der Waals surface area contributed by atoms with Crippen molar-refractivity contribution in [3.05, 3.63) is 35.9 Å². The highest BCUT2D eigenvalue weighted by molar-refractivity contribution is 5.90. The first kappa shape index (κ1) is 10.3. The number of ether oxygens (including phenoxy) is 1. The molecule has 1 aromatic carbocycles. The van der Waals surface area contributed by atoms with Gasteiger partial charge in [0.25, 0.3) is 0 Å². The zero-order chi connectivity index (χ0) is 10.6. The Morgan fingerprint density at radius 3 is 2.43 bits per heavy atom. The zero-order valence-electron chi connectivity index (χ0n) is 8.28. The van der Waals surface area contributed by atoms with Crippen molar-refractivity contribution in [1.82, 2.24) is 0 Å². The van der Waals surface area contributed by atoms with Crippen molar-refractivity contribution in [2.24, 2.45) is 0 Å². The first-order chi connectivity index (χ1) is 6.63. The van der Waals surface area contributed by atoms with E-state index < -0.39 is 0 Å². The van der Waals surface area contributed by atoms with E-state index in [1.165, 1.54) is 13.2 Å². The van der Waals surface area contributed by atoms with E-state index in [1.807, 2.05) is 19.1 Å². The minimum Gasteiger partial charge on any atom is -0.466 e. The fourth-order valence-electron chi connectivity index (χ4n) is 1.07. The third-order valence-corrected chi connectivity index (χ3v) is 1.90. The lowest BCUT2D eigenvalue weighted by atomic mass is 10.1. The summed E-state index contributed by atoms with van der Waals surface area (Å²) in [5.74, 6) is -0.348. The van der Waals surface area contributed by atoms with Crippen LogP contribution in [0.3, 0.4) is 0 Å². The molecule has 0 atom stereocenters. The van der Waals surface area contributed by atoms with Crippen LogP contribution in [0.2, 0.25) is 0 Å². The predicted molar refractivity (Wildman–Crippen MR) is 56.5 cm³/mol. The zero-order valence-corrected chi connectivity index (χ0v) is 8.28. The van der Waals surface area contributed by atoms with Gasteiger partial charge in [0.1, 0.15) is 0 Å². The molecule has 0 aliphatic rings. The molecule has 0 aromatic heterocycles. The van der Waals surface area contributed by atoms with Gasteiger partial charge in [-0.3, -0.25) is 0 Å². The minimum atomic E-state index is -0.348. The van der Waals surface area contributed by atoms with E-state index in [9.17, 15) is 4.79 Å².